The smallest absolute Gasteiger partial charge is 0.339 e. The number of hydrogen-bond acceptors (Lipinski definition) is 5. The van der Waals surface area contributed by atoms with Crippen LogP contribution in [0.5, 0.6) is 5.75 Å². The van der Waals surface area contributed by atoms with Crippen molar-refractivity contribution in [1.82, 2.24) is 0 Å². The standard InChI is InChI=1S/C27H24O5S2/c1-19-4-12-25(13-5-19)33(28,29)26-14-7-22(8-15-26)23-9-16-27(17-10-23)34(30,31)32-24-11-6-20(2)21(3)18-24/h4-18H,1-3H3. The van der Waals surface area contributed by atoms with Gasteiger partial charge in [0, 0.05) is 0 Å². The molecule has 0 unspecified atom stereocenters. The van der Waals surface area contributed by atoms with Crippen LogP contribution < -0.4 is 4.18 Å². The summed E-state index contributed by atoms with van der Waals surface area (Å²) >= 11 is 0. The summed E-state index contributed by atoms with van der Waals surface area (Å²) < 4.78 is 56.3. The average Bonchev–Trinajstić information content (AvgIpc) is 2.82. The van der Waals surface area contributed by atoms with Crippen molar-refractivity contribution in [3.05, 3.63) is 108 Å². The minimum atomic E-state index is -3.98. The van der Waals surface area contributed by atoms with Crippen LogP contribution in [0, 0.1) is 20.8 Å². The molecule has 0 amide bonds. The largest absolute Gasteiger partial charge is 0.379 e. The fourth-order valence-electron chi connectivity index (χ4n) is 3.43. The maximum absolute atomic E-state index is 12.9. The Kier molecular flexibility index (Phi) is 6.34. The number of sulfone groups is 1. The lowest BCUT2D eigenvalue weighted by atomic mass is 10.1. The van der Waals surface area contributed by atoms with Crippen molar-refractivity contribution in [1.29, 1.82) is 0 Å². The second-order valence-corrected chi connectivity index (χ2v) is 11.6. The highest BCUT2D eigenvalue weighted by atomic mass is 32.2. The molecule has 174 valence electrons. The molecule has 7 heteroatoms. The van der Waals surface area contributed by atoms with Crippen molar-refractivity contribution in [3.8, 4) is 16.9 Å². The van der Waals surface area contributed by atoms with Gasteiger partial charge in [-0.1, -0.05) is 48.0 Å². The Balaban J connectivity index is 1.54. The molecule has 4 aromatic rings. The summed E-state index contributed by atoms with van der Waals surface area (Å²) in [5.41, 5.74) is 4.49. The zero-order valence-electron chi connectivity index (χ0n) is 19.0. The van der Waals surface area contributed by atoms with Gasteiger partial charge in [0.2, 0.25) is 9.84 Å². The van der Waals surface area contributed by atoms with E-state index in [0.717, 1.165) is 27.8 Å². The molecular formula is C27H24O5S2. The first-order valence-electron chi connectivity index (χ1n) is 10.6. The van der Waals surface area contributed by atoms with Crippen molar-refractivity contribution >= 4 is 20.0 Å². The van der Waals surface area contributed by atoms with Gasteiger partial charge in [-0.2, -0.15) is 8.42 Å². The summed E-state index contributed by atoms with van der Waals surface area (Å²) in [4.78, 5) is 0.471. The molecule has 0 aliphatic heterocycles. The first-order chi connectivity index (χ1) is 16.1. The highest BCUT2D eigenvalue weighted by Crippen LogP contribution is 2.27. The molecule has 0 heterocycles. The molecule has 0 atom stereocenters. The van der Waals surface area contributed by atoms with Crippen LogP contribution in [-0.4, -0.2) is 16.8 Å². The molecule has 34 heavy (non-hydrogen) atoms. The predicted molar refractivity (Wildman–Crippen MR) is 132 cm³/mol. The maximum Gasteiger partial charge on any atom is 0.339 e. The quantitative estimate of drug-likeness (QED) is 0.314. The minimum Gasteiger partial charge on any atom is -0.379 e. The fraction of sp³-hybridized carbons (Fsp3) is 0.111. The average molecular weight is 493 g/mol. The Morgan fingerprint density at radius 2 is 1.00 bits per heavy atom. The summed E-state index contributed by atoms with van der Waals surface area (Å²) in [5.74, 6) is 0.262. The summed E-state index contributed by atoms with van der Waals surface area (Å²) in [7, 11) is -7.59. The molecule has 0 fully saturated rings. The van der Waals surface area contributed by atoms with Crippen molar-refractivity contribution < 1.29 is 21.0 Å². The van der Waals surface area contributed by atoms with Crippen LogP contribution in [0.2, 0.25) is 0 Å². The molecule has 4 rings (SSSR count). The number of hydrogen-bond donors (Lipinski definition) is 0. The molecular weight excluding hydrogens is 468 g/mol. The van der Waals surface area contributed by atoms with Crippen molar-refractivity contribution in [2.45, 2.75) is 35.5 Å². The predicted octanol–water partition coefficient (Wildman–Crippen LogP) is 5.88. The zero-order valence-corrected chi connectivity index (χ0v) is 20.7. The van der Waals surface area contributed by atoms with E-state index in [1.807, 2.05) is 26.8 Å². The van der Waals surface area contributed by atoms with E-state index >= 15 is 0 Å². The van der Waals surface area contributed by atoms with Crippen LogP contribution in [0.1, 0.15) is 16.7 Å². The first-order valence-corrected chi connectivity index (χ1v) is 13.5. The van der Waals surface area contributed by atoms with Crippen LogP contribution in [-0.2, 0) is 20.0 Å². The molecule has 4 aromatic carbocycles. The molecule has 0 bridgehead atoms. The molecule has 0 aliphatic rings. The lowest BCUT2D eigenvalue weighted by molar-refractivity contribution is 0.486. The van der Waals surface area contributed by atoms with Gasteiger partial charge in [0.25, 0.3) is 0 Å². The Morgan fingerprint density at radius 3 is 1.50 bits per heavy atom. The van der Waals surface area contributed by atoms with Crippen LogP contribution in [0.15, 0.2) is 106 Å². The van der Waals surface area contributed by atoms with Crippen LogP contribution >= 0.6 is 0 Å². The van der Waals surface area contributed by atoms with Crippen molar-refractivity contribution in [3.63, 3.8) is 0 Å². The van der Waals surface area contributed by atoms with E-state index < -0.39 is 20.0 Å². The number of rotatable bonds is 6. The van der Waals surface area contributed by atoms with Gasteiger partial charge in [0.15, 0.2) is 0 Å². The SMILES string of the molecule is Cc1ccc(S(=O)(=O)c2ccc(-c3ccc(S(=O)(=O)Oc4ccc(C)c(C)c4)cc3)cc2)cc1. The fourth-order valence-corrected chi connectivity index (χ4v) is 5.62. The molecule has 0 aliphatic carbocycles. The highest BCUT2D eigenvalue weighted by Gasteiger charge is 2.19. The van der Waals surface area contributed by atoms with Gasteiger partial charge >= 0.3 is 10.1 Å². The minimum absolute atomic E-state index is 0.0352. The Morgan fingerprint density at radius 1 is 0.529 bits per heavy atom. The molecule has 0 spiro atoms. The van der Waals surface area contributed by atoms with Crippen LogP contribution in [0.4, 0.5) is 0 Å². The second kappa shape index (κ2) is 9.08. The van der Waals surface area contributed by atoms with Gasteiger partial charge in [-0.05, 0) is 91.6 Å². The van der Waals surface area contributed by atoms with Crippen molar-refractivity contribution in [2.75, 3.05) is 0 Å². The summed E-state index contributed by atoms with van der Waals surface area (Å²) in [6.07, 6.45) is 0. The molecule has 0 aromatic heterocycles. The summed E-state index contributed by atoms with van der Waals surface area (Å²) in [6, 6.07) is 24.6. The normalized spacial score (nSPS) is 11.9. The third kappa shape index (κ3) is 4.90. The number of benzene rings is 4. The van der Waals surface area contributed by atoms with Crippen LogP contribution in [0.3, 0.4) is 0 Å². The van der Waals surface area contributed by atoms with E-state index in [4.69, 9.17) is 4.18 Å². The molecule has 0 radical (unpaired) electrons. The lowest BCUT2D eigenvalue weighted by Crippen LogP contribution is -2.09. The van der Waals surface area contributed by atoms with Gasteiger partial charge in [-0.25, -0.2) is 8.42 Å². The Bertz CT molecular complexity index is 1540. The summed E-state index contributed by atoms with van der Waals surface area (Å²) in [6.45, 7) is 5.73. The molecule has 0 N–H and O–H groups in total. The Hall–Kier alpha value is -3.42. The van der Waals surface area contributed by atoms with Gasteiger partial charge in [0.05, 0.1) is 9.79 Å². The second-order valence-electron chi connectivity index (χ2n) is 8.15. The third-order valence-corrected chi connectivity index (χ3v) is 8.70. The van der Waals surface area contributed by atoms with Crippen molar-refractivity contribution in [2.24, 2.45) is 0 Å². The molecule has 0 saturated heterocycles. The topological polar surface area (TPSA) is 77.5 Å². The molecule has 5 nitrogen and oxygen atoms in total. The third-order valence-electron chi connectivity index (χ3n) is 5.66. The zero-order chi connectivity index (χ0) is 24.5. The number of aryl methyl sites for hydroxylation is 3. The van der Waals surface area contributed by atoms with E-state index in [0.29, 0.717) is 0 Å². The monoisotopic (exact) mass is 492 g/mol. The Labute approximate surface area is 200 Å². The highest BCUT2D eigenvalue weighted by molar-refractivity contribution is 7.91. The lowest BCUT2D eigenvalue weighted by Gasteiger charge is -2.10. The van der Waals surface area contributed by atoms with Gasteiger partial charge in [0.1, 0.15) is 10.6 Å². The van der Waals surface area contributed by atoms with Gasteiger partial charge < -0.3 is 4.18 Å². The van der Waals surface area contributed by atoms with Gasteiger partial charge in [-0.15, -0.1) is 0 Å². The van der Waals surface area contributed by atoms with Crippen LogP contribution in [0.25, 0.3) is 11.1 Å². The van der Waals surface area contributed by atoms with Gasteiger partial charge in [-0.3, -0.25) is 0 Å². The van der Waals surface area contributed by atoms with E-state index in [-0.39, 0.29) is 20.4 Å². The maximum atomic E-state index is 12.9. The first kappa shape index (κ1) is 23.7. The molecule has 0 saturated carbocycles. The van der Waals surface area contributed by atoms with E-state index in [1.165, 1.54) is 12.1 Å². The van der Waals surface area contributed by atoms with E-state index in [9.17, 15) is 16.8 Å². The summed E-state index contributed by atoms with van der Waals surface area (Å²) in [5, 5.41) is 0. The van der Waals surface area contributed by atoms with E-state index in [1.54, 1.807) is 72.8 Å². The van der Waals surface area contributed by atoms with E-state index in [2.05, 4.69) is 0 Å².